The van der Waals surface area contributed by atoms with Crippen LogP contribution in [0.4, 0.5) is 0 Å². The van der Waals surface area contributed by atoms with Crippen molar-refractivity contribution in [2.24, 2.45) is 0 Å². The molecule has 3 rings (SSSR count). The van der Waals surface area contributed by atoms with Crippen LogP contribution in [0.2, 0.25) is 0 Å². The average Bonchev–Trinajstić information content (AvgIpc) is 3.02. The maximum atomic E-state index is 12.2. The highest BCUT2D eigenvalue weighted by Gasteiger charge is 2.08. The molecule has 0 spiro atoms. The Hall–Kier alpha value is -3.02. The summed E-state index contributed by atoms with van der Waals surface area (Å²) in [6.07, 6.45) is 2.58. The van der Waals surface area contributed by atoms with E-state index in [0.29, 0.717) is 24.3 Å². The SMILES string of the molecule is COc1ccc(CCC(=O)Nn2cnc3ccccc32)cc1OC. The van der Waals surface area contributed by atoms with E-state index >= 15 is 0 Å². The molecular weight excluding hydrogens is 306 g/mol. The van der Waals surface area contributed by atoms with Crippen molar-refractivity contribution in [2.45, 2.75) is 12.8 Å². The standard InChI is InChI=1S/C18H19N3O3/c1-23-16-9-7-13(11-17(16)24-2)8-10-18(22)20-21-12-19-14-5-3-4-6-15(14)21/h3-7,9,11-12H,8,10H2,1-2H3,(H,20,22). The van der Waals surface area contributed by atoms with Crippen molar-refractivity contribution in [2.75, 3.05) is 19.6 Å². The molecule has 0 aliphatic carbocycles. The number of nitrogens with zero attached hydrogens (tertiary/aromatic N) is 2. The van der Waals surface area contributed by atoms with E-state index in [2.05, 4.69) is 10.4 Å². The molecule has 1 heterocycles. The van der Waals surface area contributed by atoms with Gasteiger partial charge in [0.1, 0.15) is 6.33 Å². The highest BCUT2D eigenvalue weighted by atomic mass is 16.5. The molecule has 0 aliphatic heterocycles. The van der Waals surface area contributed by atoms with Crippen LogP contribution >= 0.6 is 0 Å². The third-order valence-corrected chi connectivity index (χ3v) is 3.79. The van der Waals surface area contributed by atoms with Crippen molar-refractivity contribution in [1.82, 2.24) is 9.66 Å². The Kier molecular flexibility index (Phi) is 4.65. The second-order valence-corrected chi connectivity index (χ2v) is 5.33. The summed E-state index contributed by atoms with van der Waals surface area (Å²) in [5, 5.41) is 0. The van der Waals surface area contributed by atoms with Gasteiger partial charge in [-0.1, -0.05) is 18.2 Å². The summed E-state index contributed by atoms with van der Waals surface area (Å²) in [5.41, 5.74) is 5.58. The van der Waals surface area contributed by atoms with Crippen molar-refractivity contribution in [3.8, 4) is 11.5 Å². The van der Waals surface area contributed by atoms with Gasteiger partial charge in [0.2, 0.25) is 5.91 Å². The molecule has 24 heavy (non-hydrogen) atoms. The van der Waals surface area contributed by atoms with Crippen LogP contribution < -0.4 is 14.9 Å². The lowest BCUT2D eigenvalue weighted by Crippen LogP contribution is -2.22. The fourth-order valence-corrected chi connectivity index (χ4v) is 2.53. The molecular formula is C18H19N3O3. The lowest BCUT2D eigenvalue weighted by molar-refractivity contribution is -0.117. The molecule has 0 saturated carbocycles. The molecule has 0 saturated heterocycles. The summed E-state index contributed by atoms with van der Waals surface area (Å²) < 4.78 is 12.1. The molecule has 1 aromatic heterocycles. The van der Waals surface area contributed by atoms with E-state index in [4.69, 9.17) is 9.47 Å². The number of carbonyl (C=O) groups is 1. The Morgan fingerprint density at radius 3 is 2.71 bits per heavy atom. The predicted octanol–water partition coefficient (Wildman–Crippen LogP) is 2.76. The number of imidazole rings is 1. The van der Waals surface area contributed by atoms with Crippen molar-refractivity contribution in [3.05, 3.63) is 54.4 Å². The third kappa shape index (κ3) is 3.32. The zero-order valence-electron chi connectivity index (χ0n) is 13.7. The van der Waals surface area contributed by atoms with Gasteiger partial charge in [-0.15, -0.1) is 0 Å². The van der Waals surface area contributed by atoms with Crippen LogP contribution in [0.25, 0.3) is 11.0 Å². The normalized spacial score (nSPS) is 10.6. The zero-order valence-corrected chi connectivity index (χ0v) is 13.7. The van der Waals surface area contributed by atoms with Gasteiger partial charge in [-0.3, -0.25) is 10.2 Å². The first-order chi connectivity index (χ1) is 11.7. The number of carbonyl (C=O) groups excluding carboxylic acids is 1. The van der Waals surface area contributed by atoms with E-state index in [1.54, 1.807) is 25.2 Å². The number of fused-ring (bicyclic) bond motifs is 1. The minimum absolute atomic E-state index is 0.0760. The summed E-state index contributed by atoms with van der Waals surface area (Å²) in [6.45, 7) is 0. The quantitative estimate of drug-likeness (QED) is 0.757. The summed E-state index contributed by atoms with van der Waals surface area (Å²) in [6, 6.07) is 13.3. The largest absolute Gasteiger partial charge is 0.493 e. The van der Waals surface area contributed by atoms with Gasteiger partial charge in [-0.05, 0) is 36.2 Å². The van der Waals surface area contributed by atoms with Crippen LogP contribution in [0, 0.1) is 0 Å². The second-order valence-electron chi connectivity index (χ2n) is 5.33. The lowest BCUT2D eigenvalue weighted by Gasteiger charge is -2.10. The number of amides is 1. The number of nitrogens with one attached hydrogen (secondary N) is 1. The molecule has 0 atom stereocenters. The molecule has 1 amide bonds. The van der Waals surface area contributed by atoms with Gasteiger partial charge in [-0.2, -0.15) is 0 Å². The van der Waals surface area contributed by atoms with E-state index in [-0.39, 0.29) is 5.91 Å². The topological polar surface area (TPSA) is 65.4 Å². The van der Waals surface area contributed by atoms with Gasteiger partial charge >= 0.3 is 0 Å². The number of hydrogen-bond acceptors (Lipinski definition) is 4. The number of methoxy groups -OCH3 is 2. The Labute approximate surface area is 140 Å². The average molecular weight is 325 g/mol. The first-order valence-corrected chi connectivity index (χ1v) is 7.64. The molecule has 3 aromatic rings. The van der Waals surface area contributed by atoms with Crippen LogP contribution in [-0.2, 0) is 11.2 Å². The third-order valence-electron chi connectivity index (χ3n) is 3.79. The van der Waals surface area contributed by atoms with Gasteiger partial charge in [-0.25, -0.2) is 9.66 Å². The van der Waals surface area contributed by atoms with Crippen LogP contribution in [0.3, 0.4) is 0 Å². The molecule has 124 valence electrons. The van der Waals surface area contributed by atoms with Crippen molar-refractivity contribution >= 4 is 16.9 Å². The predicted molar refractivity (Wildman–Crippen MR) is 92.0 cm³/mol. The highest BCUT2D eigenvalue weighted by Crippen LogP contribution is 2.27. The minimum Gasteiger partial charge on any atom is -0.493 e. The summed E-state index contributed by atoms with van der Waals surface area (Å²) >= 11 is 0. The molecule has 0 unspecified atom stereocenters. The first kappa shape index (κ1) is 15.9. The molecule has 6 nitrogen and oxygen atoms in total. The van der Waals surface area contributed by atoms with E-state index < -0.39 is 0 Å². The van der Waals surface area contributed by atoms with Crippen LogP contribution in [-0.4, -0.2) is 29.8 Å². The molecule has 1 N–H and O–H groups in total. The van der Waals surface area contributed by atoms with Gasteiger partial charge in [0.05, 0.1) is 25.3 Å². The zero-order chi connectivity index (χ0) is 16.9. The van der Waals surface area contributed by atoms with E-state index in [1.165, 1.54) is 0 Å². The van der Waals surface area contributed by atoms with Crippen LogP contribution in [0.5, 0.6) is 11.5 Å². The first-order valence-electron chi connectivity index (χ1n) is 7.64. The Morgan fingerprint density at radius 2 is 1.92 bits per heavy atom. The molecule has 0 radical (unpaired) electrons. The van der Waals surface area contributed by atoms with Gasteiger partial charge < -0.3 is 9.47 Å². The minimum atomic E-state index is -0.0760. The van der Waals surface area contributed by atoms with Gasteiger partial charge in [0.15, 0.2) is 11.5 Å². The van der Waals surface area contributed by atoms with Crippen LogP contribution in [0.15, 0.2) is 48.8 Å². The smallest absolute Gasteiger partial charge is 0.239 e. The Bertz CT molecular complexity index is 858. The number of aryl methyl sites for hydroxylation is 1. The Balaban J connectivity index is 1.63. The van der Waals surface area contributed by atoms with Crippen molar-refractivity contribution in [3.63, 3.8) is 0 Å². The van der Waals surface area contributed by atoms with E-state index in [0.717, 1.165) is 16.6 Å². The number of para-hydroxylation sites is 2. The number of benzene rings is 2. The lowest BCUT2D eigenvalue weighted by atomic mass is 10.1. The molecule has 0 bridgehead atoms. The van der Waals surface area contributed by atoms with E-state index in [9.17, 15) is 4.79 Å². The maximum absolute atomic E-state index is 12.2. The highest BCUT2D eigenvalue weighted by molar-refractivity contribution is 5.86. The fourth-order valence-electron chi connectivity index (χ4n) is 2.53. The molecule has 2 aromatic carbocycles. The number of ether oxygens (including phenoxy) is 2. The summed E-state index contributed by atoms with van der Waals surface area (Å²) in [4.78, 5) is 16.4. The monoisotopic (exact) mass is 325 g/mol. The number of hydrogen-bond donors (Lipinski definition) is 1. The Morgan fingerprint density at radius 1 is 1.12 bits per heavy atom. The fraction of sp³-hybridized carbons (Fsp3) is 0.222. The maximum Gasteiger partial charge on any atom is 0.239 e. The molecule has 0 aliphatic rings. The van der Waals surface area contributed by atoms with Crippen molar-refractivity contribution in [1.29, 1.82) is 0 Å². The molecule has 0 fully saturated rings. The summed E-state index contributed by atoms with van der Waals surface area (Å²) in [7, 11) is 3.19. The van der Waals surface area contributed by atoms with Gasteiger partial charge in [0.25, 0.3) is 0 Å². The van der Waals surface area contributed by atoms with E-state index in [1.807, 2.05) is 42.5 Å². The van der Waals surface area contributed by atoms with Crippen molar-refractivity contribution < 1.29 is 14.3 Å². The van der Waals surface area contributed by atoms with Gasteiger partial charge in [0, 0.05) is 6.42 Å². The molecule has 6 heteroatoms. The number of aromatic nitrogens is 2. The number of rotatable bonds is 6. The summed E-state index contributed by atoms with van der Waals surface area (Å²) in [5.74, 6) is 1.26. The second kappa shape index (κ2) is 7.04. The van der Waals surface area contributed by atoms with Crippen LogP contribution in [0.1, 0.15) is 12.0 Å².